The van der Waals surface area contributed by atoms with Crippen LogP contribution in [-0.4, -0.2) is 9.55 Å². The van der Waals surface area contributed by atoms with E-state index in [0.29, 0.717) is 0 Å². The molecular weight excluding hydrogens is 240 g/mol. The summed E-state index contributed by atoms with van der Waals surface area (Å²) < 4.78 is 2.65. The minimum Gasteiger partial charge on any atom is -0.265 e. The Labute approximate surface area is 90.7 Å². The molecule has 1 heterocycles. The third-order valence-corrected chi connectivity index (χ3v) is 2.40. The Morgan fingerprint density at radius 1 is 1.29 bits per heavy atom. The SMILES string of the molecule is C#Cn1cnc(-c2ccc(Br)cc2)c1. The van der Waals surface area contributed by atoms with E-state index in [9.17, 15) is 0 Å². The maximum atomic E-state index is 5.23. The van der Waals surface area contributed by atoms with Crippen molar-refractivity contribution >= 4 is 15.9 Å². The molecule has 0 fully saturated rings. The minimum absolute atomic E-state index is 0.885. The lowest BCUT2D eigenvalue weighted by atomic mass is 10.2. The lowest BCUT2D eigenvalue weighted by molar-refractivity contribution is 1.12. The Morgan fingerprint density at radius 2 is 2.00 bits per heavy atom. The summed E-state index contributed by atoms with van der Waals surface area (Å²) in [6.45, 7) is 0. The molecule has 0 saturated heterocycles. The average Bonchev–Trinajstić information content (AvgIpc) is 2.67. The number of benzene rings is 1. The quantitative estimate of drug-likeness (QED) is 0.708. The molecule has 0 aliphatic rings. The van der Waals surface area contributed by atoms with Gasteiger partial charge in [0.25, 0.3) is 0 Å². The normalized spacial score (nSPS) is 9.71. The first kappa shape index (κ1) is 9.04. The summed E-state index contributed by atoms with van der Waals surface area (Å²) >= 11 is 3.38. The number of nitrogens with zero attached hydrogens (tertiary/aromatic N) is 2. The van der Waals surface area contributed by atoms with E-state index < -0.39 is 0 Å². The molecule has 2 rings (SSSR count). The Kier molecular flexibility index (Phi) is 2.38. The third kappa shape index (κ3) is 1.70. The largest absolute Gasteiger partial charge is 0.265 e. The molecule has 0 unspecified atom stereocenters. The van der Waals surface area contributed by atoms with Crippen LogP contribution in [0.2, 0.25) is 0 Å². The Balaban J connectivity index is 2.40. The predicted octanol–water partition coefficient (Wildman–Crippen LogP) is 2.75. The fourth-order valence-corrected chi connectivity index (χ4v) is 1.43. The second-order valence-corrected chi connectivity index (χ2v) is 3.72. The van der Waals surface area contributed by atoms with Gasteiger partial charge < -0.3 is 0 Å². The van der Waals surface area contributed by atoms with Crippen molar-refractivity contribution in [2.75, 3.05) is 0 Å². The highest BCUT2D eigenvalue weighted by Gasteiger charge is 2.00. The van der Waals surface area contributed by atoms with Crippen LogP contribution in [0.3, 0.4) is 0 Å². The van der Waals surface area contributed by atoms with Gasteiger partial charge in [-0.25, -0.2) is 4.98 Å². The number of halogens is 1. The first-order valence-corrected chi connectivity index (χ1v) is 4.85. The van der Waals surface area contributed by atoms with Gasteiger partial charge in [-0.15, -0.1) is 0 Å². The lowest BCUT2D eigenvalue weighted by Gasteiger charge is -1.95. The number of hydrogen-bond donors (Lipinski definition) is 0. The molecule has 0 radical (unpaired) electrons. The number of imidazole rings is 1. The second-order valence-electron chi connectivity index (χ2n) is 2.80. The first-order valence-electron chi connectivity index (χ1n) is 4.06. The van der Waals surface area contributed by atoms with Gasteiger partial charge in [-0.2, -0.15) is 0 Å². The summed E-state index contributed by atoms with van der Waals surface area (Å²) in [5.41, 5.74) is 1.94. The van der Waals surface area contributed by atoms with Crippen LogP contribution in [0.15, 0.2) is 41.3 Å². The third-order valence-electron chi connectivity index (χ3n) is 1.87. The van der Waals surface area contributed by atoms with Crippen molar-refractivity contribution in [3.05, 3.63) is 41.3 Å². The maximum absolute atomic E-state index is 5.23. The predicted molar refractivity (Wildman–Crippen MR) is 59.6 cm³/mol. The van der Waals surface area contributed by atoms with E-state index in [0.717, 1.165) is 15.7 Å². The van der Waals surface area contributed by atoms with Crippen LogP contribution >= 0.6 is 15.9 Å². The zero-order valence-electron chi connectivity index (χ0n) is 7.31. The van der Waals surface area contributed by atoms with Gasteiger partial charge in [-0.1, -0.05) is 34.5 Å². The van der Waals surface area contributed by atoms with Crippen molar-refractivity contribution in [1.82, 2.24) is 9.55 Å². The van der Waals surface area contributed by atoms with Crippen molar-refractivity contribution in [2.45, 2.75) is 0 Å². The molecule has 1 aromatic carbocycles. The van der Waals surface area contributed by atoms with Gasteiger partial charge >= 0.3 is 0 Å². The zero-order chi connectivity index (χ0) is 9.97. The van der Waals surface area contributed by atoms with E-state index in [2.05, 4.69) is 27.0 Å². The molecule has 0 aliphatic carbocycles. The van der Waals surface area contributed by atoms with Crippen LogP contribution < -0.4 is 0 Å². The molecule has 14 heavy (non-hydrogen) atoms. The van der Waals surface area contributed by atoms with E-state index in [1.54, 1.807) is 10.9 Å². The van der Waals surface area contributed by atoms with Crippen LogP contribution in [-0.2, 0) is 0 Å². The van der Waals surface area contributed by atoms with E-state index in [1.165, 1.54) is 0 Å². The fourth-order valence-electron chi connectivity index (χ4n) is 1.16. The van der Waals surface area contributed by atoms with Crippen molar-refractivity contribution < 1.29 is 0 Å². The number of hydrogen-bond acceptors (Lipinski definition) is 1. The smallest absolute Gasteiger partial charge is 0.107 e. The van der Waals surface area contributed by atoms with E-state index in [-0.39, 0.29) is 0 Å². The molecule has 68 valence electrons. The molecule has 0 atom stereocenters. The Bertz CT molecular complexity index is 477. The molecule has 0 amide bonds. The second kappa shape index (κ2) is 3.69. The summed E-state index contributed by atoms with van der Waals surface area (Å²) in [4.78, 5) is 4.19. The lowest BCUT2D eigenvalue weighted by Crippen LogP contribution is -1.79. The molecule has 0 N–H and O–H groups in total. The van der Waals surface area contributed by atoms with E-state index >= 15 is 0 Å². The molecule has 0 saturated carbocycles. The van der Waals surface area contributed by atoms with Gasteiger partial charge in [0.05, 0.1) is 5.69 Å². The summed E-state index contributed by atoms with van der Waals surface area (Å²) in [5, 5.41) is 0. The highest BCUT2D eigenvalue weighted by atomic mass is 79.9. The van der Waals surface area contributed by atoms with Crippen LogP contribution in [0.4, 0.5) is 0 Å². The van der Waals surface area contributed by atoms with Crippen LogP contribution in [0.5, 0.6) is 0 Å². The van der Waals surface area contributed by atoms with Gasteiger partial charge in [-0.3, -0.25) is 4.57 Å². The summed E-state index contributed by atoms with van der Waals surface area (Å²) in [6.07, 6.45) is 8.68. The van der Waals surface area contributed by atoms with Crippen molar-refractivity contribution in [3.8, 4) is 23.7 Å². The van der Waals surface area contributed by atoms with Gasteiger partial charge in [0.15, 0.2) is 0 Å². The maximum Gasteiger partial charge on any atom is 0.107 e. The molecule has 2 aromatic rings. The number of rotatable bonds is 1. The highest BCUT2D eigenvalue weighted by Crippen LogP contribution is 2.19. The monoisotopic (exact) mass is 246 g/mol. The molecule has 2 nitrogen and oxygen atoms in total. The van der Waals surface area contributed by atoms with E-state index in [4.69, 9.17) is 6.42 Å². The first-order chi connectivity index (χ1) is 6.79. The summed E-state index contributed by atoms with van der Waals surface area (Å²) in [5.74, 6) is 0. The zero-order valence-corrected chi connectivity index (χ0v) is 8.90. The van der Waals surface area contributed by atoms with E-state index in [1.807, 2.05) is 30.5 Å². The van der Waals surface area contributed by atoms with Crippen LogP contribution in [0.1, 0.15) is 0 Å². The topological polar surface area (TPSA) is 17.8 Å². The molecule has 0 spiro atoms. The number of aromatic nitrogens is 2. The molecule has 3 heteroatoms. The fraction of sp³-hybridized carbons (Fsp3) is 0. The Hall–Kier alpha value is -1.53. The van der Waals surface area contributed by atoms with Gasteiger partial charge in [0.2, 0.25) is 0 Å². The summed E-state index contributed by atoms with van der Waals surface area (Å²) in [7, 11) is 0. The van der Waals surface area contributed by atoms with Crippen molar-refractivity contribution in [3.63, 3.8) is 0 Å². The van der Waals surface area contributed by atoms with Crippen molar-refractivity contribution in [1.29, 1.82) is 0 Å². The molecule has 0 bridgehead atoms. The average molecular weight is 247 g/mol. The van der Waals surface area contributed by atoms with Crippen molar-refractivity contribution in [2.24, 2.45) is 0 Å². The Morgan fingerprint density at radius 3 is 2.57 bits per heavy atom. The minimum atomic E-state index is 0.885. The standard InChI is InChI=1S/C11H7BrN2/c1-2-14-7-11(13-8-14)9-3-5-10(12)6-4-9/h1,3-8H. The van der Waals surface area contributed by atoms with Crippen LogP contribution in [0, 0.1) is 12.5 Å². The van der Waals surface area contributed by atoms with Gasteiger partial charge in [0, 0.05) is 22.3 Å². The molecule has 0 aliphatic heterocycles. The summed E-state index contributed by atoms with van der Waals surface area (Å²) in [6, 6.07) is 10.4. The van der Waals surface area contributed by atoms with Crippen LogP contribution in [0.25, 0.3) is 11.3 Å². The molecule has 1 aromatic heterocycles. The molecular formula is C11H7BrN2. The van der Waals surface area contributed by atoms with Gasteiger partial charge in [0.1, 0.15) is 6.33 Å². The highest BCUT2D eigenvalue weighted by molar-refractivity contribution is 9.10. The van der Waals surface area contributed by atoms with Gasteiger partial charge in [-0.05, 0) is 12.1 Å². The number of terminal acetylenes is 1.